The summed E-state index contributed by atoms with van der Waals surface area (Å²) in [5, 5.41) is 1.09. The van der Waals surface area contributed by atoms with Gasteiger partial charge in [0, 0.05) is 11.3 Å². The molecule has 0 fully saturated rings. The van der Waals surface area contributed by atoms with Crippen LogP contribution in [-0.4, -0.2) is 17.9 Å². The number of alkyl halides is 1. The van der Waals surface area contributed by atoms with Crippen LogP contribution in [0.3, 0.4) is 0 Å². The van der Waals surface area contributed by atoms with Crippen LogP contribution in [-0.2, 0) is 9.53 Å². The third-order valence-electron chi connectivity index (χ3n) is 1.88. The molecule has 0 aliphatic carbocycles. The highest BCUT2D eigenvalue weighted by Crippen LogP contribution is 2.06. The number of terminal acetylenes is 1. The third-order valence-corrected chi connectivity index (χ3v) is 2.44. The minimum atomic E-state index is -0.552. The van der Waals surface area contributed by atoms with Gasteiger partial charge in [0.2, 0.25) is 0 Å². The van der Waals surface area contributed by atoms with Crippen LogP contribution in [0.15, 0.2) is 0 Å². The van der Waals surface area contributed by atoms with Gasteiger partial charge in [-0.3, -0.25) is 0 Å². The second kappa shape index (κ2) is 10.6. The fourth-order valence-corrected chi connectivity index (χ4v) is 1.51. The van der Waals surface area contributed by atoms with E-state index < -0.39 is 5.97 Å². The molecule has 0 atom stereocenters. The Morgan fingerprint density at radius 3 is 2.29 bits per heavy atom. The Hall–Kier alpha value is -0.490. The lowest BCUT2D eigenvalue weighted by atomic mass is 10.1. The molecular formula is C11H17BrO2. The number of carbonyl (C=O) groups excluding carboxylic acids is 1. The molecule has 0 saturated heterocycles. The predicted octanol–water partition coefficient (Wildman–Crippen LogP) is 2.90. The van der Waals surface area contributed by atoms with Crippen molar-refractivity contribution in [2.45, 2.75) is 38.5 Å². The summed E-state index contributed by atoms with van der Waals surface area (Å²) in [6.07, 6.45) is 11.9. The van der Waals surface area contributed by atoms with E-state index in [4.69, 9.17) is 11.2 Å². The Kier molecular flexibility index (Phi) is 10.2. The molecule has 0 N–H and O–H groups in total. The number of esters is 1. The lowest BCUT2D eigenvalue weighted by molar-refractivity contribution is -0.136. The smallest absolute Gasteiger partial charge is 0.384 e. The molecule has 14 heavy (non-hydrogen) atoms. The van der Waals surface area contributed by atoms with Gasteiger partial charge >= 0.3 is 5.97 Å². The van der Waals surface area contributed by atoms with E-state index in [1.807, 2.05) is 5.92 Å². The van der Waals surface area contributed by atoms with E-state index in [0.717, 1.165) is 18.2 Å². The molecule has 0 rings (SSSR count). The molecule has 0 bridgehead atoms. The Balaban J connectivity index is 3.00. The zero-order chi connectivity index (χ0) is 10.6. The average molecular weight is 261 g/mol. The van der Waals surface area contributed by atoms with Crippen molar-refractivity contribution in [3.05, 3.63) is 0 Å². The van der Waals surface area contributed by atoms with E-state index in [9.17, 15) is 4.79 Å². The molecule has 3 heteroatoms. The normalized spacial score (nSPS) is 9.43. The largest absolute Gasteiger partial charge is 0.456 e. The van der Waals surface area contributed by atoms with Crippen LogP contribution >= 0.6 is 15.9 Å². The van der Waals surface area contributed by atoms with Gasteiger partial charge in [-0.15, -0.1) is 6.42 Å². The number of rotatable bonds is 8. The van der Waals surface area contributed by atoms with Crippen molar-refractivity contribution in [1.82, 2.24) is 0 Å². The van der Waals surface area contributed by atoms with E-state index in [1.165, 1.54) is 25.7 Å². The molecule has 2 nitrogen and oxygen atoms in total. The van der Waals surface area contributed by atoms with E-state index in [0.29, 0.717) is 6.61 Å². The lowest BCUT2D eigenvalue weighted by Crippen LogP contribution is -2.02. The topological polar surface area (TPSA) is 26.3 Å². The average Bonchev–Trinajstić information content (AvgIpc) is 2.21. The van der Waals surface area contributed by atoms with Gasteiger partial charge in [-0.1, -0.05) is 41.6 Å². The van der Waals surface area contributed by atoms with Crippen LogP contribution < -0.4 is 0 Å². The van der Waals surface area contributed by atoms with Gasteiger partial charge in [0.1, 0.15) is 0 Å². The first-order valence-electron chi connectivity index (χ1n) is 5.00. The van der Waals surface area contributed by atoms with Crippen LogP contribution in [0, 0.1) is 12.3 Å². The quantitative estimate of drug-likeness (QED) is 0.221. The van der Waals surface area contributed by atoms with Gasteiger partial charge < -0.3 is 4.74 Å². The Morgan fingerprint density at radius 2 is 1.71 bits per heavy atom. The lowest BCUT2D eigenvalue weighted by Gasteiger charge is -2.01. The van der Waals surface area contributed by atoms with Crippen LogP contribution in [0.25, 0.3) is 0 Å². The Labute approximate surface area is 94.5 Å². The summed E-state index contributed by atoms with van der Waals surface area (Å²) in [7, 11) is 0. The van der Waals surface area contributed by atoms with Crippen LogP contribution in [0.2, 0.25) is 0 Å². The summed E-state index contributed by atoms with van der Waals surface area (Å²) in [6.45, 7) is 0.460. The molecule has 0 radical (unpaired) electrons. The van der Waals surface area contributed by atoms with E-state index in [2.05, 4.69) is 15.9 Å². The fourth-order valence-electron chi connectivity index (χ4n) is 1.11. The summed E-state index contributed by atoms with van der Waals surface area (Å²) in [6, 6.07) is 0. The van der Waals surface area contributed by atoms with E-state index >= 15 is 0 Å². The molecule has 80 valence electrons. The number of hydrogen-bond acceptors (Lipinski definition) is 2. The zero-order valence-corrected chi connectivity index (χ0v) is 10.0. The Morgan fingerprint density at radius 1 is 1.14 bits per heavy atom. The molecule has 0 aromatic heterocycles. The molecule has 0 aliphatic rings. The van der Waals surface area contributed by atoms with Gasteiger partial charge in [-0.05, 0) is 12.8 Å². The van der Waals surface area contributed by atoms with E-state index in [1.54, 1.807) is 0 Å². The number of carbonyl (C=O) groups is 1. The number of ether oxygens (including phenoxy) is 1. The van der Waals surface area contributed by atoms with Crippen molar-refractivity contribution in [3.63, 3.8) is 0 Å². The number of hydrogen-bond donors (Lipinski definition) is 0. The SMILES string of the molecule is C#CC(=O)OCCCCCCCCBr. The molecule has 0 unspecified atom stereocenters. The molecule has 0 saturated carbocycles. The monoisotopic (exact) mass is 260 g/mol. The summed E-state index contributed by atoms with van der Waals surface area (Å²) >= 11 is 3.39. The highest BCUT2D eigenvalue weighted by Gasteiger charge is 1.95. The minimum Gasteiger partial charge on any atom is -0.456 e. The fraction of sp³-hybridized carbons (Fsp3) is 0.727. The predicted molar refractivity (Wildman–Crippen MR) is 61.3 cm³/mol. The third kappa shape index (κ3) is 9.60. The second-order valence-electron chi connectivity index (χ2n) is 3.09. The van der Waals surface area contributed by atoms with Crippen molar-refractivity contribution >= 4 is 21.9 Å². The van der Waals surface area contributed by atoms with Crippen molar-refractivity contribution in [2.24, 2.45) is 0 Å². The standard InChI is InChI=1S/C11H17BrO2/c1-2-11(13)14-10-8-6-4-3-5-7-9-12/h1H,3-10H2. The second-order valence-corrected chi connectivity index (χ2v) is 3.88. The van der Waals surface area contributed by atoms with Gasteiger partial charge in [0.05, 0.1) is 6.61 Å². The maximum atomic E-state index is 10.5. The van der Waals surface area contributed by atoms with Gasteiger partial charge in [0.15, 0.2) is 0 Å². The molecule has 0 amide bonds. The first-order valence-corrected chi connectivity index (χ1v) is 6.12. The van der Waals surface area contributed by atoms with Crippen molar-refractivity contribution < 1.29 is 9.53 Å². The van der Waals surface area contributed by atoms with Crippen LogP contribution in [0.4, 0.5) is 0 Å². The maximum absolute atomic E-state index is 10.5. The van der Waals surface area contributed by atoms with Gasteiger partial charge in [0.25, 0.3) is 0 Å². The highest BCUT2D eigenvalue weighted by molar-refractivity contribution is 9.09. The van der Waals surface area contributed by atoms with Crippen LogP contribution in [0.5, 0.6) is 0 Å². The van der Waals surface area contributed by atoms with Crippen molar-refractivity contribution in [1.29, 1.82) is 0 Å². The van der Waals surface area contributed by atoms with E-state index in [-0.39, 0.29) is 0 Å². The molecule has 0 heterocycles. The first kappa shape index (κ1) is 13.5. The molecular weight excluding hydrogens is 244 g/mol. The molecule has 0 aromatic carbocycles. The number of unbranched alkanes of at least 4 members (excludes halogenated alkanes) is 5. The maximum Gasteiger partial charge on any atom is 0.384 e. The van der Waals surface area contributed by atoms with Gasteiger partial charge in [-0.25, -0.2) is 4.79 Å². The summed E-state index contributed by atoms with van der Waals surface area (Å²) in [5.41, 5.74) is 0. The minimum absolute atomic E-state index is 0.460. The van der Waals surface area contributed by atoms with Gasteiger partial charge in [-0.2, -0.15) is 0 Å². The van der Waals surface area contributed by atoms with Crippen molar-refractivity contribution in [3.8, 4) is 12.3 Å². The summed E-state index contributed by atoms with van der Waals surface area (Å²) in [5.74, 6) is 1.37. The zero-order valence-electron chi connectivity index (χ0n) is 8.43. The molecule has 0 aliphatic heterocycles. The molecule has 0 aromatic rings. The molecule has 0 spiro atoms. The van der Waals surface area contributed by atoms with Crippen LogP contribution in [0.1, 0.15) is 38.5 Å². The summed E-state index contributed by atoms with van der Waals surface area (Å²) < 4.78 is 4.74. The summed E-state index contributed by atoms with van der Waals surface area (Å²) in [4.78, 5) is 10.5. The first-order chi connectivity index (χ1) is 6.81. The highest BCUT2D eigenvalue weighted by atomic mass is 79.9. The number of halogens is 1. The Bertz CT molecular complexity index is 184. The van der Waals surface area contributed by atoms with Crippen molar-refractivity contribution in [2.75, 3.05) is 11.9 Å².